The van der Waals surface area contributed by atoms with Crippen molar-refractivity contribution in [2.75, 3.05) is 0 Å². The Morgan fingerprint density at radius 2 is 2.06 bits per heavy atom. The van der Waals surface area contributed by atoms with Gasteiger partial charge in [0.1, 0.15) is 11.4 Å². The number of carbonyl (C=O) groups is 1. The Labute approximate surface area is 100 Å². The fraction of sp³-hybridized carbons (Fsp3) is 0.462. The van der Waals surface area contributed by atoms with Crippen molar-refractivity contribution < 1.29 is 9.53 Å². The predicted molar refractivity (Wildman–Crippen MR) is 65.7 cm³/mol. The van der Waals surface area contributed by atoms with Crippen LogP contribution in [0.15, 0.2) is 23.1 Å². The maximum atomic E-state index is 11.5. The Kier molecular flexibility index (Phi) is 3.24. The van der Waals surface area contributed by atoms with E-state index in [1.165, 1.54) is 11.1 Å². The van der Waals surface area contributed by atoms with Gasteiger partial charge in [-0.3, -0.25) is 4.79 Å². The summed E-state index contributed by atoms with van der Waals surface area (Å²) in [6, 6.07) is 6.31. The Bertz CT molecular complexity index is 414. The molecular formula is C13H16O2S. The third-order valence-electron chi connectivity index (χ3n) is 2.88. The molecular weight excluding hydrogens is 220 g/mol. The number of esters is 1. The number of carbonyl (C=O) groups excluding carboxylic acids is 1. The largest absolute Gasteiger partial charge is 0.462 e. The van der Waals surface area contributed by atoms with Crippen LogP contribution in [-0.2, 0) is 9.53 Å². The zero-order chi connectivity index (χ0) is 11.7. The smallest absolute Gasteiger partial charge is 0.319 e. The molecule has 3 heteroatoms. The molecule has 86 valence electrons. The summed E-state index contributed by atoms with van der Waals surface area (Å²) in [5.41, 5.74) is 2.55. The molecule has 0 N–H and O–H groups in total. The second-order valence-corrected chi connectivity index (χ2v) is 5.61. The molecule has 1 saturated heterocycles. The first-order chi connectivity index (χ1) is 7.56. The minimum atomic E-state index is -0.0734. The van der Waals surface area contributed by atoms with Crippen molar-refractivity contribution >= 4 is 17.7 Å². The topological polar surface area (TPSA) is 26.3 Å². The lowest BCUT2D eigenvalue weighted by atomic mass is 10.1. The van der Waals surface area contributed by atoms with Gasteiger partial charge < -0.3 is 4.74 Å². The molecule has 1 aromatic carbocycles. The van der Waals surface area contributed by atoms with Crippen LogP contribution in [-0.4, -0.2) is 17.3 Å². The molecule has 1 aliphatic rings. The van der Waals surface area contributed by atoms with E-state index in [0.717, 1.165) is 11.3 Å². The monoisotopic (exact) mass is 236 g/mol. The molecule has 0 aromatic heterocycles. The standard InChI is InChI=1S/C13H16O2S/c1-8-4-5-11(6-9(8)2)16-12-7-10(3)15-13(12)14/h4-6,10,12H,7H2,1-3H3/t10-,12+/m1/s1. The summed E-state index contributed by atoms with van der Waals surface area (Å²) < 4.78 is 5.14. The number of hydrogen-bond acceptors (Lipinski definition) is 3. The number of aryl methyl sites for hydroxylation is 2. The highest BCUT2D eigenvalue weighted by atomic mass is 32.2. The molecule has 1 fully saturated rings. The molecule has 0 unspecified atom stereocenters. The van der Waals surface area contributed by atoms with Gasteiger partial charge in [0.15, 0.2) is 0 Å². The zero-order valence-electron chi connectivity index (χ0n) is 9.82. The van der Waals surface area contributed by atoms with Gasteiger partial charge in [-0.1, -0.05) is 6.07 Å². The average molecular weight is 236 g/mol. The van der Waals surface area contributed by atoms with Crippen LogP contribution < -0.4 is 0 Å². The van der Waals surface area contributed by atoms with Crippen molar-refractivity contribution in [1.82, 2.24) is 0 Å². The number of rotatable bonds is 2. The highest BCUT2D eigenvalue weighted by Gasteiger charge is 2.32. The van der Waals surface area contributed by atoms with Crippen LogP contribution in [0.5, 0.6) is 0 Å². The van der Waals surface area contributed by atoms with Gasteiger partial charge in [-0.15, -0.1) is 11.8 Å². The summed E-state index contributed by atoms with van der Waals surface area (Å²) in [6.45, 7) is 6.13. The molecule has 2 nitrogen and oxygen atoms in total. The van der Waals surface area contributed by atoms with E-state index >= 15 is 0 Å². The summed E-state index contributed by atoms with van der Waals surface area (Å²) in [4.78, 5) is 12.6. The van der Waals surface area contributed by atoms with Gasteiger partial charge >= 0.3 is 5.97 Å². The van der Waals surface area contributed by atoms with Crippen molar-refractivity contribution in [3.63, 3.8) is 0 Å². The first-order valence-electron chi connectivity index (χ1n) is 5.50. The molecule has 2 rings (SSSR count). The van der Waals surface area contributed by atoms with E-state index < -0.39 is 0 Å². The van der Waals surface area contributed by atoms with Gasteiger partial charge in [0, 0.05) is 11.3 Å². The van der Waals surface area contributed by atoms with Gasteiger partial charge in [-0.25, -0.2) is 0 Å². The minimum absolute atomic E-state index is 0.0305. The van der Waals surface area contributed by atoms with E-state index in [0.29, 0.717) is 0 Å². The van der Waals surface area contributed by atoms with E-state index in [1.54, 1.807) is 11.8 Å². The SMILES string of the molecule is Cc1ccc(S[C@H]2C[C@@H](C)OC2=O)cc1C. The van der Waals surface area contributed by atoms with Crippen LogP contribution in [0.1, 0.15) is 24.5 Å². The molecule has 0 radical (unpaired) electrons. The first-order valence-corrected chi connectivity index (χ1v) is 6.38. The quantitative estimate of drug-likeness (QED) is 0.738. The van der Waals surface area contributed by atoms with Crippen molar-refractivity contribution in [2.45, 2.75) is 43.4 Å². The van der Waals surface area contributed by atoms with Crippen LogP contribution in [0.3, 0.4) is 0 Å². The minimum Gasteiger partial charge on any atom is -0.462 e. The third-order valence-corrected chi connectivity index (χ3v) is 4.08. The molecule has 1 heterocycles. The van der Waals surface area contributed by atoms with Gasteiger partial charge in [0.05, 0.1) is 0 Å². The van der Waals surface area contributed by atoms with E-state index in [9.17, 15) is 4.79 Å². The summed E-state index contributed by atoms with van der Waals surface area (Å²) in [5, 5.41) is -0.0305. The maximum Gasteiger partial charge on any atom is 0.319 e. The van der Waals surface area contributed by atoms with Crippen LogP contribution in [0.4, 0.5) is 0 Å². The third kappa shape index (κ3) is 2.40. The fourth-order valence-corrected chi connectivity index (χ4v) is 3.01. The molecule has 0 amide bonds. The van der Waals surface area contributed by atoms with Crippen molar-refractivity contribution in [3.05, 3.63) is 29.3 Å². The van der Waals surface area contributed by atoms with E-state index in [4.69, 9.17) is 4.74 Å². The molecule has 0 aliphatic carbocycles. The second-order valence-electron chi connectivity index (χ2n) is 4.34. The number of cyclic esters (lactones) is 1. The van der Waals surface area contributed by atoms with Gasteiger partial charge in [0.2, 0.25) is 0 Å². The van der Waals surface area contributed by atoms with Gasteiger partial charge in [-0.05, 0) is 44.0 Å². The average Bonchev–Trinajstić information content (AvgIpc) is 2.51. The van der Waals surface area contributed by atoms with Gasteiger partial charge in [0.25, 0.3) is 0 Å². The second kappa shape index (κ2) is 4.50. The van der Waals surface area contributed by atoms with Crippen LogP contribution in [0.2, 0.25) is 0 Å². The Morgan fingerprint density at radius 3 is 2.62 bits per heavy atom. The zero-order valence-corrected chi connectivity index (χ0v) is 10.6. The lowest BCUT2D eigenvalue weighted by Gasteiger charge is -2.07. The summed E-state index contributed by atoms with van der Waals surface area (Å²) in [5.74, 6) is -0.0734. The summed E-state index contributed by atoms with van der Waals surface area (Å²) in [6.07, 6.45) is 0.882. The maximum absolute atomic E-state index is 11.5. The molecule has 1 aliphatic heterocycles. The molecule has 2 atom stereocenters. The molecule has 0 bridgehead atoms. The molecule has 1 aromatic rings. The number of hydrogen-bond donors (Lipinski definition) is 0. The first kappa shape index (κ1) is 11.5. The van der Waals surface area contributed by atoms with Crippen LogP contribution in [0, 0.1) is 13.8 Å². The molecule has 0 spiro atoms. The lowest BCUT2D eigenvalue weighted by Crippen LogP contribution is -2.09. The number of benzene rings is 1. The number of ether oxygens (including phenoxy) is 1. The van der Waals surface area contributed by atoms with Crippen LogP contribution in [0.25, 0.3) is 0 Å². The predicted octanol–water partition coefficient (Wildman–Crippen LogP) is 3.10. The van der Waals surface area contributed by atoms with E-state index in [-0.39, 0.29) is 17.3 Å². The highest BCUT2D eigenvalue weighted by Crippen LogP contribution is 2.32. The van der Waals surface area contributed by atoms with Crippen molar-refractivity contribution in [3.8, 4) is 0 Å². The molecule has 16 heavy (non-hydrogen) atoms. The van der Waals surface area contributed by atoms with E-state index in [2.05, 4.69) is 32.0 Å². The normalized spacial score (nSPS) is 24.6. The van der Waals surface area contributed by atoms with Crippen LogP contribution >= 0.6 is 11.8 Å². The lowest BCUT2D eigenvalue weighted by molar-refractivity contribution is -0.140. The van der Waals surface area contributed by atoms with Crippen molar-refractivity contribution in [1.29, 1.82) is 0 Å². The van der Waals surface area contributed by atoms with E-state index in [1.807, 2.05) is 6.92 Å². The van der Waals surface area contributed by atoms with Crippen molar-refractivity contribution in [2.24, 2.45) is 0 Å². The Hall–Kier alpha value is -0.960. The summed E-state index contributed by atoms with van der Waals surface area (Å²) >= 11 is 1.61. The van der Waals surface area contributed by atoms with Gasteiger partial charge in [-0.2, -0.15) is 0 Å². The Morgan fingerprint density at radius 1 is 1.31 bits per heavy atom. The fourth-order valence-electron chi connectivity index (χ4n) is 1.77. The molecule has 0 saturated carbocycles. The summed E-state index contributed by atoms with van der Waals surface area (Å²) in [7, 11) is 0. The Balaban J connectivity index is 2.09. The number of thioether (sulfide) groups is 1. The highest BCUT2D eigenvalue weighted by molar-refractivity contribution is 8.00.